The fourth-order valence-corrected chi connectivity index (χ4v) is 3.80. The Hall–Kier alpha value is -1.78. The zero-order valence-electron chi connectivity index (χ0n) is 16.5. The molecule has 1 aliphatic rings. The maximum absolute atomic E-state index is 6.43. The number of unbranched alkanes of at least 4 members (excludes halogenated alkanes) is 1. The van der Waals surface area contributed by atoms with Gasteiger partial charge in [0.25, 0.3) is 0 Å². The smallest absolute Gasteiger partial charge is 0.399 e. The van der Waals surface area contributed by atoms with Crippen molar-refractivity contribution in [3.8, 4) is 0 Å². The van der Waals surface area contributed by atoms with Gasteiger partial charge in [0.2, 0.25) is 0 Å². The second-order valence-corrected chi connectivity index (χ2v) is 8.42. The third-order valence-corrected chi connectivity index (χ3v) is 6.10. The van der Waals surface area contributed by atoms with Gasteiger partial charge in [-0.15, -0.1) is 0 Å². The highest BCUT2D eigenvalue weighted by Gasteiger charge is 2.52. The van der Waals surface area contributed by atoms with Crippen molar-refractivity contribution >= 4 is 34.4 Å². The quantitative estimate of drug-likeness (QED) is 0.676. The van der Waals surface area contributed by atoms with Crippen LogP contribution in [-0.4, -0.2) is 23.3 Å². The molecule has 0 aliphatic carbocycles. The largest absolute Gasteiger partial charge is 0.497 e. The predicted octanol–water partition coefficient (Wildman–Crippen LogP) is 4.96. The van der Waals surface area contributed by atoms with Gasteiger partial charge >= 0.3 is 7.12 Å². The molecule has 1 aromatic heterocycles. The molecule has 0 atom stereocenters. The number of hydrogen-bond donors (Lipinski definition) is 1. The molecule has 4 rings (SSSR count). The van der Waals surface area contributed by atoms with E-state index in [0.29, 0.717) is 0 Å². The zero-order chi connectivity index (χ0) is 18.5. The molecule has 0 unspecified atom stereocenters. The molecule has 0 saturated carbocycles. The first-order valence-electron chi connectivity index (χ1n) is 9.72. The first kappa shape index (κ1) is 17.6. The van der Waals surface area contributed by atoms with E-state index in [4.69, 9.17) is 9.31 Å². The summed E-state index contributed by atoms with van der Waals surface area (Å²) in [6.07, 6.45) is 3.38. The van der Waals surface area contributed by atoms with Crippen LogP contribution in [0.1, 0.15) is 53.0 Å². The van der Waals surface area contributed by atoms with E-state index in [1.165, 1.54) is 28.2 Å². The van der Waals surface area contributed by atoms with Gasteiger partial charge in [-0.2, -0.15) is 0 Å². The average Bonchev–Trinajstić information content (AvgIpc) is 3.06. The minimum Gasteiger partial charge on any atom is -0.399 e. The van der Waals surface area contributed by atoms with Gasteiger partial charge in [-0.3, -0.25) is 0 Å². The molecule has 0 spiro atoms. The number of nitrogens with one attached hydrogen (secondary N) is 1. The van der Waals surface area contributed by atoms with E-state index in [0.717, 1.165) is 23.9 Å². The van der Waals surface area contributed by atoms with Crippen LogP contribution < -0.4 is 5.46 Å². The van der Waals surface area contributed by atoms with Crippen LogP contribution >= 0.6 is 0 Å². The summed E-state index contributed by atoms with van der Waals surface area (Å²) in [4.78, 5) is 3.64. The van der Waals surface area contributed by atoms with Gasteiger partial charge in [-0.1, -0.05) is 43.7 Å². The van der Waals surface area contributed by atoms with E-state index in [1.807, 2.05) is 0 Å². The molecule has 3 nitrogen and oxygen atoms in total. The Morgan fingerprint density at radius 1 is 0.923 bits per heavy atom. The fraction of sp³-hybridized carbons (Fsp3) is 0.455. The van der Waals surface area contributed by atoms with E-state index in [-0.39, 0.29) is 18.3 Å². The lowest BCUT2D eigenvalue weighted by Gasteiger charge is -2.32. The van der Waals surface area contributed by atoms with Crippen LogP contribution in [0.5, 0.6) is 0 Å². The summed E-state index contributed by atoms with van der Waals surface area (Å²) in [5.41, 5.74) is 4.13. The lowest BCUT2D eigenvalue weighted by atomic mass is 9.73. The van der Waals surface area contributed by atoms with E-state index in [1.54, 1.807) is 0 Å². The van der Waals surface area contributed by atoms with Crippen LogP contribution in [0, 0.1) is 0 Å². The lowest BCUT2D eigenvalue weighted by Crippen LogP contribution is -2.41. The number of fused-ring (bicyclic) bond motifs is 3. The van der Waals surface area contributed by atoms with E-state index < -0.39 is 0 Å². The number of H-pyrrole nitrogens is 1. The van der Waals surface area contributed by atoms with Crippen molar-refractivity contribution < 1.29 is 9.31 Å². The minimum absolute atomic E-state index is 0.339. The van der Waals surface area contributed by atoms with E-state index in [9.17, 15) is 0 Å². The Balaban J connectivity index is 1.92. The van der Waals surface area contributed by atoms with Gasteiger partial charge in [0, 0.05) is 27.3 Å². The Morgan fingerprint density at radius 3 is 2.31 bits per heavy atom. The van der Waals surface area contributed by atoms with E-state index >= 15 is 0 Å². The van der Waals surface area contributed by atoms with Crippen molar-refractivity contribution in [3.63, 3.8) is 0 Å². The molecule has 136 valence electrons. The molecule has 1 N–H and O–H groups in total. The Kier molecular flexibility index (Phi) is 4.16. The van der Waals surface area contributed by atoms with E-state index in [2.05, 4.69) is 76.0 Å². The van der Waals surface area contributed by atoms with Gasteiger partial charge < -0.3 is 14.3 Å². The lowest BCUT2D eigenvalue weighted by molar-refractivity contribution is 0.00578. The molecular formula is C22H28BNO2. The normalized spacial score (nSPS) is 18.9. The summed E-state index contributed by atoms with van der Waals surface area (Å²) in [6, 6.07) is 13.0. The van der Waals surface area contributed by atoms with Crippen molar-refractivity contribution in [3.05, 3.63) is 42.0 Å². The van der Waals surface area contributed by atoms with Crippen LogP contribution in [0.4, 0.5) is 0 Å². The maximum atomic E-state index is 6.43. The number of rotatable bonds is 4. The molecule has 0 bridgehead atoms. The van der Waals surface area contributed by atoms with Gasteiger partial charge in [0.1, 0.15) is 0 Å². The van der Waals surface area contributed by atoms with Crippen LogP contribution in [0.3, 0.4) is 0 Å². The van der Waals surface area contributed by atoms with Crippen LogP contribution in [0.25, 0.3) is 21.8 Å². The standard InChI is InChI=1S/C22H28BNO2/c1-6-7-10-15-13-14-17-16-11-8-9-12-18(16)24-20(17)19(15)23-25-21(2,3)22(4,5)26-23/h8-9,11-14,24H,6-7,10H2,1-5H3. The monoisotopic (exact) mass is 349 g/mol. The third kappa shape index (κ3) is 2.67. The maximum Gasteiger partial charge on any atom is 0.497 e. The number of aryl methyl sites for hydroxylation is 1. The Labute approximate surface area is 156 Å². The van der Waals surface area contributed by atoms with Gasteiger partial charge in [0.05, 0.1) is 11.2 Å². The number of hydrogen-bond acceptors (Lipinski definition) is 2. The first-order chi connectivity index (χ1) is 12.3. The van der Waals surface area contributed by atoms with Gasteiger partial charge in [0.15, 0.2) is 0 Å². The number of benzene rings is 2. The van der Waals surface area contributed by atoms with Crippen molar-refractivity contribution in [1.82, 2.24) is 4.98 Å². The van der Waals surface area contributed by atoms with Crippen LogP contribution in [-0.2, 0) is 15.7 Å². The van der Waals surface area contributed by atoms with Crippen molar-refractivity contribution in [2.24, 2.45) is 0 Å². The SMILES string of the molecule is CCCCc1ccc2c([nH]c3ccccc32)c1B1OC(C)(C)C(C)(C)O1. The molecule has 0 radical (unpaired) electrons. The Bertz CT molecular complexity index is 941. The summed E-state index contributed by atoms with van der Waals surface area (Å²) in [5.74, 6) is 0. The van der Waals surface area contributed by atoms with Crippen molar-refractivity contribution in [2.45, 2.75) is 65.1 Å². The van der Waals surface area contributed by atoms with Crippen molar-refractivity contribution in [1.29, 1.82) is 0 Å². The molecule has 2 heterocycles. The molecule has 2 aromatic carbocycles. The first-order valence-corrected chi connectivity index (χ1v) is 9.72. The summed E-state index contributed by atoms with van der Waals surface area (Å²) >= 11 is 0. The highest BCUT2D eigenvalue weighted by molar-refractivity contribution is 6.65. The summed E-state index contributed by atoms with van der Waals surface area (Å²) in [7, 11) is -0.344. The second-order valence-electron chi connectivity index (χ2n) is 8.42. The topological polar surface area (TPSA) is 34.2 Å². The average molecular weight is 349 g/mol. The highest BCUT2D eigenvalue weighted by Crippen LogP contribution is 2.38. The second kappa shape index (κ2) is 6.14. The molecule has 1 aliphatic heterocycles. The molecule has 1 saturated heterocycles. The minimum atomic E-state index is -0.344. The summed E-state index contributed by atoms with van der Waals surface area (Å²) in [5, 5.41) is 2.49. The number of aromatic nitrogens is 1. The molecule has 1 fully saturated rings. The Morgan fingerprint density at radius 2 is 1.62 bits per heavy atom. The highest BCUT2D eigenvalue weighted by atomic mass is 16.7. The van der Waals surface area contributed by atoms with Crippen LogP contribution in [0.15, 0.2) is 36.4 Å². The number of para-hydroxylation sites is 1. The molecule has 0 amide bonds. The predicted molar refractivity (Wildman–Crippen MR) is 110 cm³/mol. The number of aromatic amines is 1. The summed E-state index contributed by atoms with van der Waals surface area (Å²) < 4.78 is 12.9. The molecule has 4 heteroatoms. The van der Waals surface area contributed by atoms with Gasteiger partial charge in [-0.25, -0.2) is 0 Å². The molecule has 3 aromatic rings. The van der Waals surface area contributed by atoms with Gasteiger partial charge in [-0.05, 0) is 52.2 Å². The third-order valence-electron chi connectivity index (χ3n) is 6.10. The molecule has 26 heavy (non-hydrogen) atoms. The zero-order valence-corrected chi connectivity index (χ0v) is 16.5. The fourth-order valence-electron chi connectivity index (χ4n) is 3.80. The summed E-state index contributed by atoms with van der Waals surface area (Å²) in [6.45, 7) is 10.7. The van der Waals surface area contributed by atoms with Crippen molar-refractivity contribution in [2.75, 3.05) is 0 Å². The molecular weight excluding hydrogens is 321 g/mol. The van der Waals surface area contributed by atoms with Crippen LogP contribution in [0.2, 0.25) is 0 Å².